The summed E-state index contributed by atoms with van der Waals surface area (Å²) in [5.41, 5.74) is 5.08. The van der Waals surface area contributed by atoms with E-state index >= 15 is 0 Å². The van der Waals surface area contributed by atoms with Gasteiger partial charge in [-0.25, -0.2) is 0 Å². The zero-order chi connectivity index (χ0) is 12.3. The third-order valence-corrected chi connectivity index (χ3v) is 4.00. The molecule has 0 aliphatic rings. The molecule has 2 rings (SSSR count). The van der Waals surface area contributed by atoms with Crippen molar-refractivity contribution in [1.82, 2.24) is 0 Å². The predicted molar refractivity (Wildman–Crippen MR) is 78.7 cm³/mol. The highest BCUT2D eigenvalue weighted by Crippen LogP contribution is 2.35. The van der Waals surface area contributed by atoms with E-state index in [9.17, 15) is 0 Å². The second kappa shape index (κ2) is 5.52. The topological polar surface area (TPSA) is 0 Å². The Balaban J connectivity index is 2.53. The van der Waals surface area contributed by atoms with Crippen LogP contribution in [0, 0.1) is 0 Å². The maximum Gasteiger partial charge on any atom is 0.0487 e. The number of hydrogen-bond acceptors (Lipinski definition) is 1. The van der Waals surface area contributed by atoms with Crippen molar-refractivity contribution in [2.24, 2.45) is 0 Å². The van der Waals surface area contributed by atoms with Crippen LogP contribution in [0.4, 0.5) is 0 Å². The number of hydrogen-bond donors (Lipinski definition) is 0. The maximum atomic E-state index is 6.06. The van der Waals surface area contributed by atoms with E-state index < -0.39 is 0 Å². The van der Waals surface area contributed by atoms with Crippen LogP contribution in [-0.4, -0.2) is 5.88 Å². The van der Waals surface area contributed by atoms with Crippen molar-refractivity contribution in [3.8, 4) is 11.1 Å². The van der Waals surface area contributed by atoms with Crippen LogP contribution in [0.25, 0.3) is 16.7 Å². The van der Waals surface area contributed by atoms with E-state index in [2.05, 4.69) is 49.6 Å². The first kappa shape index (κ1) is 12.4. The van der Waals surface area contributed by atoms with Crippen molar-refractivity contribution in [3.63, 3.8) is 0 Å². The normalized spacial score (nSPS) is 10.3. The van der Waals surface area contributed by atoms with Crippen LogP contribution < -0.4 is 0 Å². The monoisotopic (exact) mass is 262 g/mol. The van der Waals surface area contributed by atoms with Crippen molar-refractivity contribution in [1.29, 1.82) is 0 Å². The molecule has 17 heavy (non-hydrogen) atoms. The number of alkyl halides is 1. The van der Waals surface area contributed by atoms with Gasteiger partial charge in [-0.15, -0.1) is 22.9 Å². The third-order valence-electron chi connectivity index (χ3n) is 2.76. The molecular weight excluding hydrogens is 248 g/mol. The van der Waals surface area contributed by atoms with Crippen LogP contribution in [0.3, 0.4) is 0 Å². The lowest BCUT2D eigenvalue weighted by molar-refractivity contribution is 1.38. The summed E-state index contributed by atoms with van der Waals surface area (Å²) in [6, 6.07) is 12.6. The van der Waals surface area contributed by atoms with Crippen molar-refractivity contribution >= 4 is 28.5 Å². The first-order valence-corrected chi connectivity index (χ1v) is 7.01. The second-order valence-electron chi connectivity index (χ2n) is 4.14. The Morgan fingerprint density at radius 3 is 2.41 bits per heavy atom. The molecule has 1 aromatic carbocycles. The summed E-state index contributed by atoms with van der Waals surface area (Å²) in [4.78, 5) is 1.30. The SMILES string of the molecule is CC(C)=C(CCl)c1sccc1-c1ccccc1. The van der Waals surface area contributed by atoms with Gasteiger partial charge in [-0.1, -0.05) is 35.9 Å². The molecule has 2 aromatic rings. The average Bonchev–Trinajstić information content (AvgIpc) is 2.80. The summed E-state index contributed by atoms with van der Waals surface area (Å²) in [5.74, 6) is 0.572. The highest BCUT2D eigenvalue weighted by atomic mass is 35.5. The molecule has 0 nitrogen and oxygen atoms in total. The minimum Gasteiger partial charge on any atom is -0.143 e. The van der Waals surface area contributed by atoms with Gasteiger partial charge in [0.05, 0.1) is 0 Å². The summed E-state index contributed by atoms with van der Waals surface area (Å²) >= 11 is 7.83. The van der Waals surface area contributed by atoms with Gasteiger partial charge in [0.25, 0.3) is 0 Å². The number of rotatable bonds is 3. The van der Waals surface area contributed by atoms with Gasteiger partial charge in [0.15, 0.2) is 0 Å². The van der Waals surface area contributed by atoms with Crippen LogP contribution in [0.15, 0.2) is 47.4 Å². The molecule has 0 spiro atoms. The average molecular weight is 263 g/mol. The molecular formula is C15H15ClS. The number of benzene rings is 1. The fourth-order valence-corrected chi connectivity index (χ4v) is 3.36. The molecule has 0 aliphatic heterocycles. The molecule has 1 aromatic heterocycles. The molecule has 0 fully saturated rings. The van der Waals surface area contributed by atoms with E-state index in [1.807, 2.05) is 6.07 Å². The first-order chi connectivity index (χ1) is 8.24. The minimum atomic E-state index is 0.572. The molecule has 0 bridgehead atoms. The first-order valence-electron chi connectivity index (χ1n) is 5.59. The molecule has 2 heteroatoms. The summed E-state index contributed by atoms with van der Waals surface area (Å²) in [6.07, 6.45) is 0. The fraction of sp³-hybridized carbons (Fsp3) is 0.200. The summed E-state index contributed by atoms with van der Waals surface area (Å²) in [7, 11) is 0. The Morgan fingerprint density at radius 2 is 1.82 bits per heavy atom. The van der Waals surface area contributed by atoms with Gasteiger partial charge < -0.3 is 0 Å². The lowest BCUT2D eigenvalue weighted by atomic mass is 10.0. The van der Waals surface area contributed by atoms with Gasteiger partial charge >= 0.3 is 0 Å². The Hall–Kier alpha value is -1.05. The van der Waals surface area contributed by atoms with Crippen LogP contribution in [0.1, 0.15) is 18.7 Å². The predicted octanol–water partition coefficient (Wildman–Crippen LogP) is 5.45. The van der Waals surface area contributed by atoms with E-state index in [1.54, 1.807) is 11.3 Å². The van der Waals surface area contributed by atoms with E-state index in [0.29, 0.717) is 5.88 Å². The molecule has 0 amide bonds. The fourth-order valence-electron chi connectivity index (χ4n) is 1.81. The molecule has 0 atom stereocenters. The van der Waals surface area contributed by atoms with Crippen LogP contribution >= 0.6 is 22.9 Å². The number of thiophene rings is 1. The van der Waals surface area contributed by atoms with Gasteiger partial charge in [-0.05, 0) is 42.0 Å². The van der Waals surface area contributed by atoms with Gasteiger partial charge in [0, 0.05) is 10.8 Å². The standard InChI is InChI=1S/C15H15ClS/c1-11(2)14(10-16)15-13(8-9-17-15)12-6-4-3-5-7-12/h3-9H,10H2,1-2H3. The Bertz CT molecular complexity index is 519. The third kappa shape index (κ3) is 2.62. The second-order valence-corrected chi connectivity index (χ2v) is 5.32. The molecule has 0 saturated heterocycles. The minimum absolute atomic E-state index is 0.572. The quantitative estimate of drug-likeness (QED) is 0.646. The molecule has 0 saturated carbocycles. The Morgan fingerprint density at radius 1 is 1.12 bits per heavy atom. The van der Waals surface area contributed by atoms with Crippen molar-refractivity contribution in [2.75, 3.05) is 5.88 Å². The molecule has 0 unspecified atom stereocenters. The lowest BCUT2D eigenvalue weighted by Gasteiger charge is -2.08. The van der Waals surface area contributed by atoms with Crippen molar-refractivity contribution in [2.45, 2.75) is 13.8 Å². The molecule has 1 heterocycles. The van der Waals surface area contributed by atoms with Crippen molar-refractivity contribution < 1.29 is 0 Å². The van der Waals surface area contributed by atoms with E-state index in [-0.39, 0.29) is 0 Å². The number of allylic oxidation sites excluding steroid dienone is 2. The van der Waals surface area contributed by atoms with Gasteiger partial charge in [0.1, 0.15) is 0 Å². The van der Waals surface area contributed by atoms with Gasteiger partial charge in [-0.2, -0.15) is 0 Å². The van der Waals surface area contributed by atoms with Gasteiger partial charge in [0.2, 0.25) is 0 Å². The van der Waals surface area contributed by atoms with Crippen LogP contribution in [0.5, 0.6) is 0 Å². The Labute approximate surface area is 112 Å². The molecule has 0 aliphatic carbocycles. The van der Waals surface area contributed by atoms with E-state index in [4.69, 9.17) is 11.6 Å². The highest BCUT2D eigenvalue weighted by Gasteiger charge is 2.11. The van der Waals surface area contributed by atoms with Gasteiger partial charge in [-0.3, -0.25) is 0 Å². The molecule has 0 N–H and O–H groups in total. The zero-order valence-electron chi connectivity index (χ0n) is 10.0. The number of halogens is 1. The van der Waals surface area contributed by atoms with E-state index in [0.717, 1.165) is 0 Å². The largest absolute Gasteiger partial charge is 0.143 e. The van der Waals surface area contributed by atoms with Crippen LogP contribution in [0.2, 0.25) is 0 Å². The zero-order valence-corrected chi connectivity index (χ0v) is 11.6. The van der Waals surface area contributed by atoms with Crippen molar-refractivity contribution in [3.05, 3.63) is 52.2 Å². The van der Waals surface area contributed by atoms with E-state index in [1.165, 1.54) is 27.2 Å². The lowest BCUT2D eigenvalue weighted by Crippen LogP contribution is -1.88. The summed E-state index contributed by atoms with van der Waals surface area (Å²) in [5, 5.41) is 2.13. The molecule has 88 valence electrons. The maximum absolute atomic E-state index is 6.06. The molecule has 0 radical (unpaired) electrons. The Kier molecular flexibility index (Phi) is 4.03. The smallest absolute Gasteiger partial charge is 0.0487 e. The highest BCUT2D eigenvalue weighted by molar-refractivity contribution is 7.11. The summed E-state index contributed by atoms with van der Waals surface area (Å²) < 4.78 is 0. The summed E-state index contributed by atoms with van der Waals surface area (Å²) in [6.45, 7) is 4.23. The van der Waals surface area contributed by atoms with Crippen LogP contribution in [-0.2, 0) is 0 Å².